The van der Waals surface area contributed by atoms with E-state index < -0.39 is 21.5 Å². The normalized spacial score (nSPS) is 20.6. The van der Waals surface area contributed by atoms with E-state index in [-0.39, 0.29) is 23.1 Å². The number of carboxylic acids is 1. The molecule has 1 amide bonds. The SMILES string of the molecule is Cc1ccc(S(=O)(=O)N2CCC(C(=O)NC3(CC(=O)O)CCC3)CC2)cc1. The van der Waals surface area contributed by atoms with Gasteiger partial charge in [0.15, 0.2) is 0 Å². The van der Waals surface area contributed by atoms with E-state index in [1.807, 2.05) is 6.92 Å². The van der Waals surface area contributed by atoms with Crippen LogP contribution >= 0.6 is 0 Å². The number of rotatable bonds is 6. The van der Waals surface area contributed by atoms with Gasteiger partial charge in [0.25, 0.3) is 0 Å². The number of nitrogens with one attached hydrogen (secondary N) is 1. The molecule has 148 valence electrons. The molecule has 1 heterocycles. The number of sulfonamides is 1. The zero-order valence-corrected chi connectivity index (χ0v) is 16.3. The summed E-state index contributed by atoms with van der Waals surface area (Å²) in [4.78, 5) is 23.9. The van der Waals surface area contributed by atoms with Crippen LogP contribution in [0.3, 0.4) is 0 Å². The molecular formula is C19H26N2O5S. The first-order valence-corrected chi connectivity index (χ1v) is 10.8. The number of carboxylic acid groups (broad SMARTS) is 1. The number of nitrogens with zero attached hydrogens (tertiary/aromatic N) is 1. The summed E-state index contributed by atoms with van der Waals surface area (Å²) < 4.78 is 26.9. The van der Waals surface area contributed by atoms with Gasteiger partial charge in [-0.25, -0.2) is 8.42 Å². The maximum atomic E-state index is 12.7. The van der Waals surface area contributed by atoms with Crippen molar-refractivity contribution in [2.75, 3.05) is 13.1 Å². The zero-order chi connectivity index (χ0) is 19.7. The van der Waals surface area contributed by atoms with Crippen molar-refractivity contribution in [3.05, 3.63) is 29.8 Å². The highest BCUT2D eigenvalue weighted by molar-refractivity contribution is 7.89. The lowest BCUT2D eigenvalue weighted by Gasteiger charge is -2.43. The average molecular weight is 394 g/mol. The van der Waals surface area contributed by atoms with Crippen LogP contribution in [0.2, 0.25) is 0 Å². The highest BCUT2D eigenvalue weighted by Crippen LogP contribution is 2.36. The molecule has 1 aliphatic carbocycles. The van der Waals surface area contributed by atoms with Gasteiger partial charge in [0.05, 0.1) is 16.9 Å². The molecule has 0 radical (unpaired) electrons. The lowest BCUT2D eigenvalue weighted by Crippen LogP contribution is -2.57. The molecule has 2 aliphatic rings. The fourth-order valence-corrected chi connectivity index (χ4v) is 5.29. The van der Waals surface area contributed by atoms with Crippen molar-refractivity contribution in [2.24, 2.45) is 5.92 Å². The third kappa shape index (κ3) is 4.32. The van der Waals surface area contributed by atoms with Gasteiger partial charge in [-0.3, -0.25) is 9.59 Å². The van der Waals surface area contributed by atoms with Crippen molar-refractivity contribution >= 4 is 21.9 Å². The third-order valence-electron chi connectivity index (χ3n) is 5.67. The number of amides is 1. The predicted molar refractivity (Wildman–Crippen MR) is 99.6 cm³/mol. The van der Waals surface area contributed by atoms with Crippen LogP contribution in [0.25, 0.3) is 0 Å². The van der Waals surface area contributed by atoms with Gasteiger partial charge in [0.1, 0.15) is 0 Å². The molecule has 2 fully saturated rings. The Morgan fingerprint density at radius 2 is 1.78 bits per heavy atom. The molecule has 1 saturated carbocycles. The van der Waals surface area contributed by atoms with E-state index in [4.69, 9.17) is 5.11 Å². The van der Waals surface area contributed by atoms with Crippen molar-refractivity contribution in [1.82, 2.24) is 9.62 Å². The molecule has 0 bridgehead atoms. The molecule has 0 atom stereocenters. The summed E-state index contributed by atoms with van der Waals surface area (Å²) in [6, 6.07) is 6.76. The van der Waals surface area contributed by atoms with Crippen LogP contribution in [0.5, 0.6) is 0 Å². The maximum Gasteiger partial charge on any atom is 0.305 e. The number of carbonyl (C=O) groups is 2. The number of piperidine rings is 1. The lowest BCUT2D eigenvalue weighted by atomic mass is 9.74. The first-order valence-electron chi connectivity index (χ1n) is 9.33. The number of carbonyl (C=O) groups excluding carboxylic acids is 1. The molecule has 7 nitrogen and oxygen atoms in total. The molecule has 8 heteroatoms. The smallest absolute Gasteiger partial charge is 0.305 e. The minimum atomic E-state index is -3.55. The highest BCUT2D eigenvalue weighted by Gasteiger charge is 2.42. The van der Waals surface area contributed by atoms with Gasteiger partial charge in [-0.05, 0) is 51.2 Å². The van der Waals surface area contributed by atoms with Crippen LogP contribution in [0, 0.1) is 12.8 Å². The standard InChI is InChI=1S/C19H26N2O5S/c1-14-3-5-16(6-4-14)27(25,26)21-11-7-15(8-12-21)18(24)20-19(9-2-10-19)13-17(22)23/h3-6,15H,2,7-13H2,1H3,(H,20,24)(H,22,23). The van der Waals surface area contributed by atoms with E-state index in [2.05, 4.69) is 5.32 Å². The molecule has 1 saturated heterocycles. The summed E-state index contributed by atoms with van der Waals surface area (Å²) in [6.07, 6.45) is 3.12. The molecule has 2 N–H and O–H groups in total. The Labute approximate surface area is 159 Å². The monoisotopic (exact) mass is 394 g/mol. The molecular weight excluding hydrogens is 368 g/mol. The Kier molecular flexibility index (Phi) is 5.58. The second-order valence-corrected chi connectivity index (χ2v) is 9.62. The Hall–Kier alpha value is -1.93. The summed E-state index contributed by atoms with van der Waals surface area (Å²) in [5, 5.41) is 12.0. The Balaban J connectivity index is 1.59. The van der Waals surface area contributed by atoms with Crippen molar-refractivity contribution < 1.29 is 23.1 Å². The van der Waals surface area contributed by atoms with Crippen LogP contribution < -0.4 is 5.32 Å². The summed E-state index contributed by atoms with van der Waals surface area (Å²) in [7, 11) is -3.55. The second kappa shape index (κ2) is 7.59. The molecule has 0 spiro atoms. The van der Waals surface area contributed by atoms with Gasteiger partial charge < -0.3 is 10.4 Å². The van der Waals surface area contributed by atoms with Crippen LogP contribution in [-0.4, -0.2) is 48.3 Å². The molecule has 1 aromatic carbocycles. The number of aryl methyl sites for hydroxylation is 1. The van der Waals surface area contributed by atoms with Gasteiger partial charge >= 0.3 is 5.97 Å². The lowest BCUT2D eigenvalue weighted by molar-refractivity contribution is -0.141. The van der Waals surface area contributed by atoms with E-state index in [1.165, 1.54) is 4.31 Å². The zero-order valence-electron chi connectivity index (χ0n) is 15.5. The van der Waals surface area contributed by atoms with E-state index in [9.17, 15) is 18.0 Å². The van der Waals surface area contributed by atoms with E-state index in [1.54, 1.807) is 24.3 Å². The highest BCUT2D eigenvalue weighted by atomic mass is 32.2. The molecule has 3 rings (SSSR count). The van der Waals surface area contributed by atoms with Crippen LogP contribution in [0.15, 0.2) is 29.2 Å². The van der Waals surface area contributed by atoms with Gasteiger partial charge in [0.2, 0.25) is 15.9 Å². The summed E-state index contributed by atoms with van der Waals surface area (Å²) >= 11 is 0. The predicted octanol–water partition coefficient (Wildman–Crippen LogP) is 1.91. The number of hydrogen-bond acceptors (Lipinski definition) is 4. The molecule has 27 heavy (non-hydrogen) atoms. The topological polar surface area (TPSA) is 104 Å². The van der Waals surface area contributed by atoms with Gasteiger partial charge in [0, 0.05) is 19.0 Å². The first-order chi connectivity index (χ1) is 12.7. The summed E-state index contributed by atoms with van der Waals surface area (Å²) in [6.45, 7) is 2.49. The van der Waals surface area contributed by atoms with Gasteiger partial charge in [-0.1, -0.05) is 17.7 Å². The average Bonchev–Trinajstić information content (AvgIpc) is 2.60. The molecule has 1 aliphatic heterocycles. The van der Waals surface area contributed by atoms with Gasteiger partial charge in [-0.15, -0.1) is 0 Å². The van der Waals surface area contributed by atoms with Crippen LogP contribution in [0.4, 0.5) is 0 Å². The van der Waals surface area contributed by atoms with E-state index >= 15 is 0 Å². The third-order valence-corrected chi connectivity index (χ3v) is 7.58. The quantitative estimate of drug-likeness (QED) is 0.767. The fraction of sp³-hybridized carbons (Fsp3) is 0.579. The minimum absolute atomic E-state index is 0.0562. The summed E-state index contributed by atoms with van der Waals surface area (Å²) in [5.41, 5.74) is 0.379. The number of aliphatic carboxylic acids is 1. The van der Waals surface area contributed by atoms with Crippen molar-refractivity contribution in [3.8, 4) is 0 Å². The van der Waals surface area contributed by atoms with Crippen molar-refractivity contribution in [3.63, 3.8) is 0 Å². The molecule has 1 aromatic rings. The second-order valence-electron chi connectivity index (χ2n) is 7.69. The fourth-order valence-electron chi connectivity index (χ4n) is 3.82. The largest absolute Gasteiger partial charge is 0.481 e. The maximum absolute atomic E-state index is 12.7. The molecule has 0 unspecified atom stereocenters. The number of hydrogen-bond donors (Lipinski definition) is 2. The Morgan fingerprint density at radius 1 is 1.19 bits per heavy atom. The Morgan fingerprint density at radius 3 is 2.26 bits per heavy atom. The summed E-state index contributed by atoms with van der Waals surface area (Å²) in [5.74, 6) is -1.34. The Bertz CT molecular complexity index is 807. The van der Waals surface area contributed by atoms with Crippen LogP contribution in [-0.2, 0) is 19.6 Å². The van der Waals surface area contributed by atoms with Crippen molar-refractivity contribution in [1.29, 1.82) is 0 Å². The van der Waals surface area contributed by atoms with E-state index in [0.717, 1.165) is 12.0 Å². The number of benzene rings is 1. The minimum Gasteiger partial charge on any atom is -0.481 e. The first kappa shape index (κ1) is 19.8. The van der Waals surface area contributed by atoms with Crippen molar-refractivity contribution in [2.45, 2.75) is 55.9 Å². The van der Waals surface area contributed by atoms with Gasteiger partial charge in [-0.2, -0.15) is 4.31 Å². The van der Waals surface area contributed by atoms with Crippen LogP contribution in [0.1, 0.15) is 44.1 Å². The van der Waals surface area contributed by atoms with E-state index in [0.29, 0.717) is 38.8 Å². The molecule has 0 aromatic heterocycles.